The molecule has 0 unspecified atom stereocenters. The van der Waals surface area contributed by atoms with E-state index >= 15 is 0 Å². The molecule has 0 aliphatic heterocycles. The average Bonchev–Trinajstić information content (AvgIpc) is 2.83. The largest absolute Gasteiger partial charge is 0.437 e. The first kappa shape index (κ1) is 25.0. The summed E-state index contributed by atoms with van der Waals surface area (Å²) >= 11 is 0. The third-order valence-electron chi connectivity index (χ3n) is 5.30. The molecule has 1 N–H and O–H groups in total. The summed E-state index contributed by atoms with van der Waals surface area (Å²) < 4.78 is 84.2. The van der Waals surface area contributed by atoms with Crippen LogP contribution in [0.2, 0.25) is 0 Å². The maximum Gasteiger partial charge on any atom is 0.416 e. The zero-order chi connectivity index (χ0) is 26.1. The molecule has 36 heavy (non-hydrogen) atoms. The van der Waals surface area contributed by atoms with Crippen LogP contribution in [-0.4, -0.2) is 16.1 Å². The minimum Gasteiger partial charge on any atom is -0.437 e. The Morgan fingerprint density at radius 1 is 0.833 bits per heavy atom. The number of halogens is 6. The van der Waals surface area contributed by atoms with E-state index < -0.39 is 35.4 Å². The number of nitrogens with zero attached hydrogens (tertiary/aromatic N) is 2. The van der Waals surface area contributed by atoms with E-state index in [4.69, 9.17) is 4.74 Å². The van der Waals surface area contributed by atoms with Gasteiger partial charge in [0.05, 0.1) is 22.7 Å². The highest BCUT2D eigenvalue weighted by molar-refractivity contribution is 6.08. The first-order valence-corrected chi connectivity index (χ1v) is 10.5. The smallest absolute Gasteiger partial charge is 0.416 e. The zero-order valence-corrected chi connectivity index (χ0v) is 18.5. The molecule has 1 amide bonds. The summed E-state index contributed by atoms with van der Waals surface area (Å²) in [6, 6.07) is 14.1. The van der Waals surface area contributed by atoms with Gasteiger partial charge in [-0.2, -0.15) is 26.3 Å². The van der Waals surface area contributed by atoms with E-state index in [2.05, 4.69) is 15.5 Å². The van der Waals surface area contributed by atoms with E-state index in [0.717, 1.165) is 30.3 Å². The number of nitrogens with one attached hydrogen (secondary N) is 1. The van der Waals surface area contributed by atoms with Crippen LogP contribution in [0.15, 0.2) is 72.8 Å². The SMILES string of the molecule is C[C@H](NC(=O)c1c(Oc2cccc(C(F)(F)F)c2)nnc2ccccc12)c1cccc(C(F)(F)F)c1. The topological polar surface area (TPSA) is 64.1 Å². The molecule has 1 heterocycles. The Morgan fingerprint density at radius 3 is 2.17 bits per heavy atom. The van der Waals surface area contributed by atoms with Gasteiger partial charge in [-0.15, -0.1) is 10.2 Å². The molecule has 1 atom stereocenters. The number of ether oxygens (including phenoxy) is 1. The molecule has 0 saturated heterocycles. The number of rotatable bonds is 5. The van der Waals surface area contributed by atoms with Gasteiger partial charge in [0, 0.05) is 5.39 Å². The Bertz CT molecular complexity index is 1420. The van der Waals surface area contributed by atoms with Crippen LogP contribution in [0, 0.1) is 0 Å². The first-order chi connectivity index (χ1) is 16.9. The molecule has 0 aliphatic carbocycles. The van der Waals surface area contributed by atoms with Gasteiger partial charge in [-0.25, -0.2) is 0 Å². The summed E-state index contributed by atoms with van der Waals surface area (Å²) in [5, 5.41) is 10.7. The third kappa shape index (κ3) is 5.40. The predicted octanol–water partition coefficient (Wildman–Crippen LogP) is 6.95. The minimum absolute atomic E-state index is 0.128. The maximum absolute atomic E-state index is 13.3. The molecule has 0 bridgehead atoms. The van der Waals surface area contributed by atoms with Gasteiger partial charge in [-0.05, 0) is 48.9 Å². The van der Waals surface area contributed by atoms with E-state index in [1.807, 2.05) is 0 Å². The highest BCUT2D eigenvalue weighted by atomic mass is 19.4. The van der Waals surface area contributed by atoms with Gasteiger partial charge in [0.2, 0.25) is 0 Å². The van der Waals surface area contributed by atoms with Crippen LogP contribution in [0.4, 0.5) is 26.3 Å². The molecule has 186 valence electrons. The predicted molar refractivity (Wildman–Crippen MR) is 118 cm³/mol. The Morgan fingerprint density at radius 2 is 1.47 bits per heavy atom. The first-order valence-electron chi connectivity index (χ1n) is 10.5. The molecule has 0 saturated carbocycles. The number of hydrogen-bond acceptors (Lipinski definition) is 4. The van der Waals surface area contributed by atoms with Gasteiger partial charge in [0.25, 0.3) is 11.8 Å². The van der Waals surface area contributed by atoms with Crippen LogP contribution in [-0.2, 0) is 12.4 Å². The number of amides is 1. The van der Waals surface area contributed by atoms with Crippen LogP contribution in [0.3, 0.4) is 0 Å². The van der Waals surface area contributed by atoms with Crippen molar-refractivity contribution >= 4 is 16.8 Å². The normalized spacial score (nSPS) is 12.9. The standard InChI is InChI=1S/C25H17F6N3O2/c1-14(15-6-4-7-16(12-15)24(26,27)28)32-22(35)21-19-10-2-3-11-20(19)33-34-23(21)36-18-9-5-8-17(13-18)25(29,30)31/h2-14H,1H3,(H,32,35)/t14-/m0/s1. The molecule has 0 radical (unpaired) electrons. The number of hydrogen-bond donors (Lipinski definition) is 1. The lowest BCUT2D eigenvalue weighted by atomic mass is 10.0. The van der Waals surface area contributed by atoms with Crippen molar-refractivity contribution in [2.45, 2.75) is 25.3 Å². The van der Waals surface area contributed by atoms with Crippen molar-refractivity contribution < 1.29 is 35.9 Å². The molecule has 4 aromatic rings. The highest BCUT2D eigenvalue weighted by Crippen LogP contribution is 2.34. The van der Waals surface area contributed by atoms with Crippen molar-refractivity contribution in [3.63, 3.8) is 0 Å². The summed E-state index contributed by atoms with van der Waals surface area (Å²) in [5.74, 6) is -1.34. The van der Waals surface area contributed by atoms with Crippen LogP contribution in [0.5, 0.6) is 11.6 Å². The van der Waals surface area contributed by atoms with Gasteiger partial charge in [0.1, 0.15) is 11.3 Å². The number of benzene rings is 3. The molecular formula is C25H17F6N3O2. The second-order valence-electron chi connectivity index (χ2n) is 7.84. The van der Waals surface area contributed by atoms with Crippen molar-refractivity contribution in [3.05, 3.63) is 95.1 Å². The van der Waals surface area contributed by atoms with Gasteiger partial charge in [0.15, 0.2) is 0 Å². The van der Waals surface area contributed by atoms with Crippen molar-refractivity contribution in [2.75, 3.05) is 0 Å². The van der Waals surface area contributed by atoms with Crippen molar-refractivity contribution in [2.24, 2.45) is 0 Å². The Balaban J connectivity index is 1.70. The second kappa shape index (κ2) is 9.48. The monoisotopic (exact) mass is 505 g/mol. The summed E-state index contributed by atoms with van der Waals surface area (Å²) in [6.45, 7) is 1.50. The number of aromatic nitrogens is 2. The molecular weight excluding hydrogens is 488 g/mol. The van der Waals surface area contributed by atoms with E-state index in [-0.39, 0.29) is 22.8 Å². The molecule has 4 rings (SSSR count). The highest BCUT2D eigenvalue weighted by Gasteiger charge is 2.32. The fourth-order valence-corrected chi connectivity index (χ4v) is 3.51. The summed E-state index contributed by atoms with van der Waals surface area (Å²) in [7, 11) is 0. The lowest BCUT2D eigenvalue weighted by molar-refractivity contribution is -0.138. The van der Waals surface area contributed by atoms with Crippen LogP contribution in [0.1, 0.15) is 40.0 Å². The molecule has 11 heteroatoms. The average molecular weight is 505 g/mol. The molecule has 5 nitrogen and oxygen atoms in total. The van der Waals surface area contributed by atoms with E-state index in [1.54, 1.807) is 24.3 Å². The van der Waals surface area contributed by atoms with Crippen LogP contribution in [0.25, 0.3) is 10.9 Å². The number of fused-ring (bicyclic) bond motifs is 1. The Labute approximate surface area is 200 Å². The lowest BCUT2D eigenvalue weighted by Crippen LogP contribution is -2.28. The minimum atomic E-state index is -4.62. The molecule has 0 spiro atoms. The van der Waals surface area contributed by atoms with E-state index in [9.17, 15) is 31.1 Å². The summed E-state index contributed by atoms with van der Waals surface area (Å²) in [6.07, 6.45) is -9.17. The Kier molecular flexibility index (Phi) is 6.57. The third-order valence-corrected chi connectivity index (χ3v) is 5.30. The van der Waals surface area contributed by atoms with Gasteiger partial charge in [-0.1, -0.05) is 36.4 Å². The number of carbonyl (C=O) groups is 1. The van der Waals surface area contributed by atoms with Crippen LogP contribution < -0.4 is 10.1 Å². The van der Waals surface area contributed by atoms with E-state index in [0.29, 0.717) is 10.9 Å². The molecule has 3 aromatic carbocycles. The summed E-state index contributed by atoms with van der Waals surface area (Å²) in [5.41, 5.74) is -1.45. The second-order valence-corrected chi connectivity index (χ2v) is 7.84. The summed E-state index contributed by atoms with van der Waals surface area (Å²) in [4.78, 5) is 13.3. The van der Waals surface area contributed by atoms with Crippen molar-refractivity contribution in [1.29, 1.82) is 0 Å². The van der Waals surface area contributed by atoms with E-state index in [1.165, 1.54) is 25.1 Å². The van der Waals surface area contributed by atoms with Crippen LogP contribution >= 0.6 is 0 Å². The molecule has 1 aromatic heterocycles. The zero-order valence-electron chi connectivity index (χ0n) is 18.5. The van der Waals surface area contributed by atoms with Gasteiger partial charge in [-0.3, -0.25) is 4.79 Å². The number of carbonyl (C=O) groups excluding carboxylic acids is 1. The fourth-order valence-electron chi connectivity index (χ4n) is 3.51. The fraction of sp³-hybridized carbons (Fsp3) is 0.160. The van der Waals surface area contributed by atoms with Crippen molar-refractivity contribution in [3.8, 4) is 11.6 Å². The number of alkyl halides is 6. The lowest BCUT2D eigenvalue weighted by Gasteiger charge is -2.18. The molecule has 0 aliphatic rings. The molecule has 0 fully saturated rings. The van der Waals surface area contributed by atoms with Gasteiger partial charge >= 0.3 is 12.4 Å². The Hall–Kier alpha value is -4.15. The quantitative estimate of drug-likeness (QED) is 0.298. The maximum atomic E-state index is 13.3. The van der Waals surface area contributed by atoms with Crippen molar-refractivity contribution in [1.82, 2.24) is 15.5 Å². The van der Waals surface area contributed by atoms with Gasteiger partial charge < -0.3 is 10.1 Å².